The molecule has 0 spiro atoms. The van der Waals surface area contributed by atoms with Crippen molar-refractivity contribution in [3.05, 3.63) is 29.6 Å². The number of hydrogen-bond donors (Lipinski definition) is 2. The van der Waals surface area contributed by atoms with Crippen LogP contribution in [0.3, 0.4) is 0 Å². The molecule has 1 aliphatic heterocycles. The van der Waals surface area contributed by atoms with Crippen molar-refractivity contribution in [2.24, 2.45) is 0 Å². The number of pyridine rings is 1. The average Bonchev–Trinajstić information content (AvgIpc) is 2.22. The topological polar surface area (TPSA) is 45.2 Å². The summed E-state index contributed by atoms with van der Waals surface area (Å²) in [6.45, 7) is 3.78. The summed E-state index contributed by atoms with van der Waals surface area (Å²) in [5, 5.41) is 13.6. The first-order valence-electron chi connectivity index (χ1n) is 5.52. The van der Waals surface area contributed by atoms with Crippen LogP contribution in [-0.2, 0) is 6.42 Å². The highest BCUT2D eigenvalue weighted by molar-refractivity contribution is 5.23. The molecule has 0 radical (unpaired) electrons. The van der Waals surface area contributed by atoms with Crippen molar-refractivity contribution in [1.82, 2.24) is 10.3 Å². The molecule has 2 rings (SSSR count). The largest absolute Gasteiger partial charge is 0.388 e. The minimum atomic E-state index is -0.577. The van der Waals surface area contributed by atoms with Crippen molar-refractivity contribution in [3.8, 4) is 0 Å². The Kier molecular flexibility index (Phi) is 3.03. The molecule has 0 aromatic carbocycles. The fraction of sp³-hybridized carbons (Fsp3) is 0.583. The Balaban J connectivity index is 2.10. The maximum Gasteiger partial charge on any atom is 0.0812 e. The lowest BCUT2D eigenvalue weighted by Crippen LogP contribution is -2.47. The maximum atomic E-state index is 10.4. The summed E-state index contributed by atoms with van der Waals surface area (Å²) in [5.41, 5.74) is 1.79. The molecule has 1 aromatic heterocycles. The van der Waals surface area contributed by atoms with Crippen molar-refractivity contribution >= 4 is 0 Å². The molecule has 0 bridgehead atoms. The van der Waals surface area contributed by atoms with Crippen LogP contribution in [0.2, 0.25) is 0 Å². The Bertz CT molecular complexity index is 332. The van der Waals surface area contributed by atoms with Crippen molar-refractivity contribution in [1.29, 1.82) is 0 Å². The van der Waals surface area contributed by atoms with E-state index in [1.165, 1.54) is 5.56 Å². The van der Waals surface area contributed by atoms with Gasteiger partial charge in [0, 0.05) is 25.4 Å². The van der Waals surface area contributed by atoms with Gasteiger partial charge in [-0.25, -0.2) is 0 Å². The molecule has 0 amide bonds. The average molecular weight is 206 g/mol. The number of β-amino-alcohol motifs (C(OH)–C–C–N with tert-alkyl or cyclic N) is 1. The number of hydrogen-bond acceptors (Lipinski definition) is 3. The fourth-order valence-electron chi connectivity index (χ4n) is 2.14. The minimum absolute atomic E-state index is 0.577. The summed E-state index contributed by atoms with van der Waals surface area (Å²) >= 11 is 0. The molecule has 0 aliphatic carbocycles. The number of rotatable bonds is 2. The van der Waals surface area contributed by atoms with Gasteiger partial charge >= 0.3 is 0 Å². The molecule has 82 valence electrons. The minimum Gasteiger partial charge on any atom is -0.388 e. The lowest BCUT2D eigenvalue weighted by atomic mass is 9.87. The highest BCUT2D eigenvalue weighted by atomic mass is 16.3. The Hall–Kier alpha value is -0.930. The smallest absolute Gasteiger partial charge is 0.0812 e. The predicted molar refractivity (Wildman–Crippen MR) is 59.7 cm³/mol. The van der Waals surface area contributed by atoms with Crippen LogP contribution in [0.4, 0.5) is 0 Å². The van der Waals surface area contributed by atoms with E-state index < -0.39 is 5.60 Å². The molecule has 3 nitrogen and oxygen atoms in total. The third kappa shape index (κ3) is 2.55. The molecule has 1 atom stereocenters. The predicted octanol–water partition coefficient (Wildman–Crippen LogP) is 1.05. The Morgan fingerprint density at radius 1 is 1.60 bits per heavy atom. The Morgan fingerprint density at radius 2 is 2.47 bits per heavy atom. The summed E-state index contributed by atoms with van der Waals surface area (Å²) in [7, 11) is 0. The molecule has 2 heterocycles. The lowest BCUT2D eigenvalue weighted by molar-refractivity contribution is 0.0167. The van der Waals surface area contributed by atoms with Gasteiger partial charge < -0.3 is 10.4 Å². The van der Waals surface area contributed by atoms with E-state index in [1.807, 2.05) is 12.3 Å². The first kappa shape index (κ1) is 10.6. The molecule has 15 heavy (non-hydrogen) atoms. The number of aliphatic hydroxyl groups is 1. The van der Waals surface area contributed by atoms with Crippen molar-refractivity contribution < 1.29 is 5.11 Å². The number of piperidine rings is 1. The fourth-order valence-corrected chi connectivity index (χ4v) is 2.14. The van der Waals surface area contributed by atoms with E-state index in [0.29, 0.717) is 13.0 Å². The zero-order chi connectivity index (χ0) is 10.7. The van der Waals surface area contributed by atoms with E-state index in [4.69, 9.17) is 0 Å². The lowest BCUT2D eigenvalue weighted by Gasteiger charge is -2.33. The van der Waals surface area contributed by atoms with Gasteiger partial charge in [-0.2, -0.15) is 0 Å². The normalized spacial score (nSPS) is 26.5. The van der Waals surface area contributed by atoms with Crippen molar-refractivity contribution in [2.75, 3.05) is 13.1 Å². The van der Waals surface area contributed by atoms with Crippen molar-refractivity contribution in [2.45, 2.75) is 31.8 Å². The van der Waals surface area contributed by atoms with E-state index in [9.17, 15) is 5.11 Å². The summed E-state index contributed by atoms with van der Waals surface area (Å²) in [5.74, 6) is 0. The molecule has 1 fully saturated rings. The molecule has 1 aliphatic rings. The second kappa shape index (κ2) is 4.29. The molecule has 0 saturated carbocycles. The van der Waals surface area contributed by atoms with Gasteiger partial charge in [-0.1, -0.05) is 0 Å². The highest BCUT2D eigenvalue weighted by Crippen LogP contribution is 2.22. The molecule has 1 unspecified atom stereocenters. The standard InChI is InChI=1S/C12H18N2O/c1-10-3-6-13-8-11(10)7-12(15)4-2-5-14-9-12/h3,6,8,14-15H,2,4-5,7,9H2,1H3. The number of aryl methyl sites for hydroxylation is 1. The second-order valence-corrected chi connectivity index (χ2v) is 4.48. The molecular formula is C12H18N2O. The van der Waals surface area contributed by atoms with Crippen LogP contribution in [-0.4, -0.2) is 28.8 Å². The number of aromatic nitrogens is 1. The van der Waals surface area contributed by atoms with E-state index in [0.717, 1.165) is 24.9 Å². The molecule has 2 N–H and O–H groups in total. The first-order chi connectivity index (χ1) is 7.20. The summed E-state index contributed by atoms with van der Waals surface area (Å²) < 4.78 is 0. The van der Waals surface area contributed by atoms with Crippen LogP contribution in [0.1, 0.15) is 24.0 Å². The highest BCUT2D eigenvalue weighted by Gasteiger charge is 2.29. The van der Waals surface area contributed by atoms with Crippen LogP contribution in [0.25, 0.3) is 0 Å². The van der Waals surface area contributed by atoms with E-state index in [2.05, 4.69) is 17.2 Å². The molecule has 3 heteroatoms. The van der Waals surface area contributed by atoms with Gasteiger partial charge in [-0.15, -0.1) is 0 Å². The van der Waals surface area contributed by atoms with Crippen LogP contribution in [0.5, 0.6) is 0 Å². The number of nitrogens with one attached hydrogen (secondary N) is 1. The van der Waals surface area contributed by atoms with Gasteiger partial charge in [-0.3, -0.25) is 4.98 Å². The molecule has 1 saturated heterocycles. The van der Waals surface area contributed by atoms with Gasteiger partial charge in [0.25, 0.3) is 0 Å². The quantitative estimate of drug-likeness (QED) is 0.760. The van der Waals surface area contributed by atoms with Crippen molar-refractivity contribution in [3.63, 3.8) is 0 Å². The third-order valence-corrected chi connectivity index (χ3v) is 3.12. The van der Waals surface area contributed by atoms with Crippen LogP contribution < -0.4 is 5.32 Å². The number of nitrogens with zero attached hydrogens (tertiary/aromatic N) is 1. The monoisotopic (exact) mass is 206 g/mol. The third-order valence-electron chi connectivity index (χ3n) is 3.12. The van der Waals surface area contributed by atoms with Crippen LogP contribution >= 0.6 is 0 Å². The van der Waals surface area contributed by atoms with Gasteiger partial charge in [0.05, 0.1) is 5.60 Å². The van der Waals surface area contributed by atoms with Gasteiger partial charge in [-0.05, 0) is 43.5 Å². The summed E-state index contributed by atoms with van der Waals surface area (Å²) in [4.78, 5) is 4.11. The molecule has 1 aromatic rings. The van der Waals surface area contributed by atoms with E-state index in [1.54, 1.807) is 6.20 Å². The SMILES string of the molecule is Cc1ccncc1CC1(O)CCCNC1. The first-order valence-corrected chi connectivity index (χ1v) is 5.52. The molecular weight excluding hydrogens is 188 g/mol. The van der Waals surface area contributed by atoms with Gasteiger partial charge in [0.2, 0.25) is 0 Å². The van der Waals surface area contributed by atoms with Gasteiger partial charge in [0.1, 0.15) is 0 Å². The maximum absolute atomic E-state index is 10.4. The summed E-state index contributed by atoms with van der Waals surface area (Å²) in [6.07, 6.45) is 6.30. The van der Waals surface area contributed by atoms with Gasteiger partial charge in [0.15, 0.2) is 0 Å². The zero-order valence-corrected chi connectivity index (χ0v) is 9.16. The van der Waals surface area contributed by atoms with Crippen LogP contribution in [0, 0.1) is 6.92 Å². The van der Waals surface area contributed by atoms with Crippen LogP contribution in [0.15, 0.2) is 18.5 Å². The summed E-state index contributed by atoms with van der Waals surface area (Å²) in [6, 6.07) is 1.99. The Morgan fingerprint density at radius 3 is 3.13 bits per heavy atom. The Labute approximate surface area is 90.5 Å². The second-order valence-electron chi connectivity index (χ2n) is 4.48. The zero-order valence-electron chi connectivity index (χ0n) is 9.16. The van der Waals surface area contributed by atoms with E-state index >= 15 is 0 Å². The van der Waals surface area contributed by atoms with E-state index in [-0.39, 0.29) is 0 Å².